The molecule has 12 nitrogen and oxygen atoms in total. The van der Waals surface area contributed by atoms with E-state index in [2.05, 4.69) is 15.2 Å². The number of carbonyl (C=O) groups is 4. The van der Waals surface area contributed by atoms with Gasteiger partial charge in [0.1, 0.15) is 29.4 Å². The van der Waals surface area contributed by atoms with Gasteiger partial charge < -0.3 is 29.5 Å². The second-order valence-corrected chi connectivity index (χ2v) is 16.2. The van der Waals surface area contributed by atoms with Crippen LogP contribution in [0.5, 0.6) is 0 Å². The van der Waals surface area contributed by atoms with Crippen LogP contribution in [0.25, 0.3) is 0 Å². The summed E-state index contributed by atoms with van der Waals surface area (Å²) >= 11 is 1.25. The summed E-state index contributed by atoms with van der Waals surface area (Å²) in [7, 11) is 5.10. The van der Waals surface area contributed by atoms with Crippen LogP contribution >= 0.6 is 11.3 Å². The van der Waals surface area contributed by atoms with Crippen molar-refractivity contribution in [2.45, 2.75) is 110 Å². The third kappa shape index (κ3) is 14.0. The average molecular weight is 791 g/mol. The zero-order valence-electron chi connectivity index (χ0n) is 33.9. The predicted molar refractivity (Wildman–Crippen MR) is 210 cm³/mol. The summed E-state index contributed by atoms with van der Waals surface area (Å²) in [5.74, 6) is -3.07. The number of benzene rings is 1. The summed E-state index contributed by atoms with van der Waals surface area (Å²) in [6.07, 6.45) is 3.98. The average Bonchev–Trinajstić information content (AvgIpc) is 3.65. The Kier molecular flexibility index (Phi) is 19.3. The van der Waals surface area contributed by atoms with Crippen molar-refractivity contribution in [2.75, 3.05) is 47.8 Å². The molecule has 2 N–H and O–H groups in total. The van der Waals surface area contributed by atoms with Gasteiger partial charge in [0.05, 0.1) is 18.6 Å². The van der Waals surface area contributed by atoms with Crippen LogP contribution in [0.2, 0.25) is 0 Å². The third-order valence-electron chi connectivity index (χ3n) is 10.9. The molecule has 0 saturated carbocycles. The zero-order chi connectivity index (χ0) is 40.7. The van der Waals surface area contributed by atoms with Gasteiger partial charge in [-0.1, -0.05) is 59.6 Å². The molecule has 2 amide bonds. The number of methoxy groups -OCH3 is 2. The monoisotopic (exact) mass is 790 g/mol. The molecule has 1 aromatic heterocycles. The number of amides is 2. The standard InChI is InChI=1S/C41H63FN4O8S/c1-9-27(4)32(22-36(47)34-12-10-11-17-45(34)6)40(49)46(18-19-52-7)35(26(2)3)23-37(54-25-53-8)39-44-33(24-55-39)38(48)43-31(20-28(5)41(50)51)21-29-13-15-30(42)16-14-29/h13-16,24,26-28,31-32,34-35,37H,9-12,17-23,25H2,1-8H3,(H,43,48)(H,50,51). The van der Waals surface area contributed by atoms with Crippen LogP contribution in [0.1, 0.15) is 107 Å². The number of halogens is 1. The number of aliphatic carboxylic acids is 1. The van der Waals surface area contributed by atoms with Crippen LogP contribution < -0.4 is 5.32 Å². The summed E-state index contributed by atoms with van der Waals surface area (Å²) in [4.78, 5) is 62.4. The third-order valence-corrected chi connectivity index (χ3v) is 11.8. The molecule has 14 heteroatoms. The van der Waals surface area contributed by atoms with Gasteiger partial charge in [0.2, 0.25) is 5.91 Å². The van der Waals surface area contributed by atoms with Gasteiger partial charge in [0.25, 0.3) is 5.91 Å². The minimum absolute atomic E-state index is 0.0154. The maximum Gasteiger partial charge on any atom is 0.306 e. The zero-order valence-corrected chi connectivity index (χ0v) is 34.7. The molecule has 0 radical (unpaired) electrons. The number of aromatic nitrogens is 1. The van der Waals surface area contributed by atoms with E-state index in [0.717, 1.165) is 37.8 Å². The van der Waals surface area contributed by atoms with Gasteiger partial charge in [-0.05, 0) is 68.8 Å². The smallest absolute Gasteiger partial charge is 0.306 e. The fourth-order valence-corrected chi connectivity index (χ4v) is 8.15. The number of likely N-dealkylation sites (tertiary alicyclic amines) is 1. The number of carboxylic acid groups (broad SMARTS) is 1. The molecule has 2 aromatic rings. The summed E-state index contributed by atoms with van der Waals surface area (Å²) in [5.41, 5.74) is 0.902. The van der Waals surface area contributed by atoms with Gasteiger partial charge in [-0.2, -0.15) is 0 Å². The highest BCUT2D eigenvalue weighted by Crippen LogP contribution is 2.33. The molecule has 55 heavy (non-hydrogen) atoms. The van der Waals surface area contributed by atoms with Crippen LogP contribution in [0.4, 0.5) is 4.39 Å². The lowest BCUT2D eigenvalue weighted by atomic mass is 9.82. The van der Waals surface area contributed by atoms with Gasteiger partial charge in [0.15, 0.2) is 5.78 Å². The van der Waals surface area contributed by atoms with E-state index < -0.39 is 35.9 Å². The first-order chi connectivity index (χ1) is 26.2. The molecular weight excluding hydrogens is 728 g/mol. The SMILES string of the molecule is CCC(C)C(CC(=O)C1CCCCN1C)C(=O)N(CCOC)C(CC(OCOC)c1nc(C(=O)NC(Cc2ccc(F)cc2)CC(C)C(=O)O)cs1)C(C)C. The largest absolute Gasteiger partial charge is 0.481 e. The Balaban J connectivity index is 1.89. The minimum Gasteiger partial charge on any atom is -0.481 e. The van der Waals surface area contributed by atoms with E-state index in [0.29, 0.717) is 31.0 Å². The molecule has 1 aliphatic heterocycles. The normalized spacial score (nSPS) is 18.3. The lowest BCUT2D eigenvalue weighted by Crippen LogP contribution is -2.50. The number of hydrogen-bond donors (Lipinski definition) is 2. The van der Waals surface area contributed by atoms with E-state index in [4.69, 9.17) is 14.2 Å². The summed E-state index contributed by atoms with van der Waals surface area (Å²) in [6, 6.07) is 4.83. The number of ketones is 1. The predicted octanol–water partition coefficient (Wildman–Crippen LogP) is 6.39. The topological polar surface area (TPSA) is 148 Å². The van der Waals surface area contributed by atoms with E-state index in [1.54, 1.807) is 31.5 Å². The molecule has 0 spiro atoms. The van der Waals surface area contributed by atoms with Gasteiger partial charge >= 0.3 is 5.97 Å². The molecule has 7 unspecified atom stereocenters. The first kappa shape index (κ1) is 46.1. The van der Waals surface area contributed by atoms with E-state index in [1.807, 2.05) is 39.6 Å². The number of ether oxygens (including phenoxy) is 3. The van der Waals surface area contributed by atoms with Crippen molar-refractivity contribution in [3.05, 3.63) is 51.7 Å². The lowest BCUT2D eigenvalue weighted by molar-refractivity contribution is -0.146. The number of thiazole rings is 1. The van der Waals surface area contributed by atoms with Gasteiger partial charge in [-0.15, -0.1) is 11.3 Å². The van der Waals surface area contributed by atoms with Crippen LogP contribution in [0.3, 0.4) is 0 Å². The molecule has 2 heterocycles. The van der Waals surface area contributed by atoms with Crippen LogP contribution in [-0.2, 0) is 35.0 Å². The fraction of sp³-hybridized carbons (Fsp3) is 0.683. The number of piperidine rings is 1. The quantitative estimate of drug-likeness (QED) is 0.115. The highest BCUT2D eigenvalue weighted by atomic mass is 32.1. The number of nitrogens with one attached hydrogen (secondary N) is 1. The minimum atomic E-state index is -0.982. The summed E-state index contributed by atoms with van der Waals surface area (Å²) in [5, 5.41) is 14.7. The van der Waals surface area contributed by atoms with Gasteiger partial charge in [-0.3, -0.25) is 24.1 Å². The number of hydrogen-bond acceptors (Lipinski definition) is 10. The van der Waals surface area contributed by atoms with Crippen molar-refractivity contribution in [3.63, 3.8) is 0 Å². The molecule has 1 aliphatic rings. The number of rotatable bonds is 24. The number of likely N-dealkylation sites (N-methyl/N-ethyl adjacent to an activating group) is 1. The number of Topliss-reactive ketones (excluding diaryl/α,β-unsaturated/α-hetero) is 1. The van der Waals surface area contributed by atoms with Crippen molar-refractivity contribution in [1.29, 1.82) is 0 Å². The van der Waals surface area contributed by atoms with E-state index >= 15 is 0 Å². The van der Waals surface area contributed by atoms with Crippen molar-refractivity contribution in [2.24, 2.45) is 23.7 Å². The highest BCUT2D eigenvalue weighted by Gasteiger charge is 2.38. The number of carbonyl (C=O) groups excluding carboxylic acids is 3. The molecular formula is C41H63FN4O8S. The second kappa shape index (κ2) is 23.1. The maximum atomic E-state index is 14.7. The van der Waals surface area contributed by atoms with Crippen LogP contribution in [0.15, 0.2) is 29.6 Å². The van der Waals surface area contributed by atoms with E-state index in [-0.39, 0.29) is 66.8 Å². The van der Waals surface area contributed by atoms with Crippen molar-refractivity contribution in [1.82, 2.24) is 20.1 Å². The Morgan fingerprint density at radius 3 is 2.38 bits per heavy atom. The second-order valence-electron chi connectivity index (χ2n) is 15.3. The molecule has 1 fully saturated rings. The lowest BCUT2D eigenvalue weighted by Gasteiger charge is -2.40. The summed E-state index contributed by atoms with van der Waals surface area (Å²) in [6.45, 7) is 11.2. The van der Waals surface area contributed by atoms with Crippen molar-refractivity contribution >= 4 is 34.9 Å². The van der Waals surface area contributed by atoms with Gasteiger partial charge in [-0.25, -0.2) is 9.37 Å². The maximum absolute atomic E-state index is 14.7. The number of nitrogens with zero attached hydrogens (tertiary/aromatic N) is 3. The first-order valence-electron chi connectivity index (χ1n) is 19.6. The molecule has 1 saturated heterocycles. The van der Waals surface area contributed by atoms with E-state index in [9.17, 15) is 28.7 Å². The molecule has 0 bridgehead atoms. The van der Waals surface area contributed by atoms with E-state index in [1.165, 1.54) is 30.6 Å². The molecule has 7 atom stereocenters. The first-order valence-corrected chi connectivity index (χ1v) is 20.4. The fourth-order valence-electron chi connectivity index (χ4n) is 7.29. The molecule has 1 aromatic carbocycles. The Morgan fingerprint density at radius 2 is 1.78 bits per heavy atom. The Labute approximate surface area is 330 Å². The van der Waals surface area contributed by atoms with Gasteiger partial charge in [0, 0.05) is 57.0 Å². The Hall–Kier alpha value is -3.30. The molecule has 3 rings (SSSR count). The van der Waals surface area contributed by atoms with Crippen molar-refractivity contribution in [3.8, 4) is 0 Å². The Bertz CT molecular complexity index is 1510. The molecule has 0 aliphatic carbocycles. The summed E-state index contributed by atoms with van der Waals surface area (Å²) < 4.78 is 30.5. The molecule has 308 valence electrons. The van der Waals surface area contributed by atoms with Crippen molar-refractivity contribution < 1.29 is 42.9 Å². The Morgan fingerprint density at radius 1 is 1.07 bits per heavy atom. The highest BCUT2D eigenvalue weighted by molar-refractivity contribution is 7.09. The van der Waals surface area contributed by atoms with Crippen LogP contribution in [0, 0.1) is 29.5 Å². The van der Waals surface area contributed by atoms with Crippen LogP contribution in [-0.4, -0.2) is 109 Å². The number of carboxylic acids is 1.